The van der Waals surface area contributed by atoms with Gasteiger partial charge in [0.15, 0.2) is 0 Å². The first-order valence-electron chi connectivity index (χ1n) is 9.11. The fourth-order valence-electron chi connectivity index (χ4n) is 4.31. The van der Waals surface area contributed by atoms with Crippen molar-refractivity contribution in [2.75, 3.05) is 24.5 Å². The average Bonchev–Trinajstić information content (AvgIpc) is 2.88. The van der Waals surface area contributed by atoms with E-state index in [0.717, 1.165) is 58.2 Å². The fourth-order valence-corrected chi connectivity index (χ4v) is 4.31. The van der Waals surface area contributed by atoms with E-state index < -0.39 is 5.82 Å². The summed E-state index contributed by atoms with van der Waals surface area (Å²) in [6.07, 6.45) is 6.17. The molecule has 2 heterocycles. The minimum absolute atomic E-state index is 0.120. The molecule has 2 N–H and O–H groups in total. The Hall–Kier alpha value is -2.29. The minimum Gasteiger partial charge on any atom is -0.370 e. The Labute approximate surface area is 148 Å². The van der Waals surface area contributed by atoms with Crippen LogP contribution in [0.4, 0.5) is 14.9 Å². The molecular weight excluding hydrogens is 319 g/mol. The van der Waals surface area contributed by atoms with E-state index in [0.29, 0.717) is 11.6 Å². The number of likely N-dealkylation sites (tertiary alicyclic amines) is 1. The Morgan fingerprint density at radius 2 is 1.92 bits per heavy atom. The number of hydrogen-bond acceptors (Lipinski definition) is 3. The minimum atomic E-state index is -0.467. The van der Waals surface area contributed by atoms with Gasteiger partial charge in [-0.05, 0) is 43.7 Å². The molecular formula is C19H25FN4O. The number of hydrogen-bond donors (Lipinski definition) is 1. The van der Waals surface area contributed by atoms with Gasteiger partial charge in [-0.15, -0.1) is 0 Å². The number of halogens is 1. The highest BCUT2D eigenvalue weighted by atomic mass is 19.1. The lowest BCUT2D eigenvalue weighted by Gasteiger charge is -2.41. The molecule has 0 spiro atoms. The van der Waals surface area contributed by atoms with Gasteiger partial charge in [-0.1, -0.05) is 18.9 Å². The number of piperidine rings is 1. The van der Waals surface area contributed by atoms with Crippen LogP contribution in [-0.2, 0) is 0 Å². The average molecular weight is 344 g/mol. The van der Waals surface area contributed by atoms with Crippen LogP contribution in [0.1, 0.15) is 44.1 Å². The summed E-state index contributed by atoms with van der Waals surface area (Å²) in [7, 11) is 0. The van der Waals surface area contributed by atoms with Crippen molar-refractivity contribution < 1.29 is 9.18 Å². The summed E-state index contributed by atoms with van der Waals surface area (Å²) in [5.74, 6) is -0.0493. The number of anilines is 1. The normalized spacial score (nSPS) is 22.3. The third-order valence-electron chi connectivity index (χ3n) is 5.61. The molecule has 2 saturated heterocycles. The van der Waals surface area contributed by atoms with Crippen molar-refractivity contribution in [3.63, 3.8) is 0 Å². The first-order valence-corrected chi connectivity index (χ1v) is 9.11. The third-order valence-corrected chi connectivity index (χ3v) is 5.61. The fraction of sp³-hybridized carbons (Fsp3) is 0.579. The van der Waals surface area contributed by atoms with E-state index in [1.807, 2.05) is 17.0 Å². The molecule has 6 heteroatoms. The second-order valence-electron chi connectivity index (χ2n) is 7.02. The van der Waals surface area contributed by atoms with Gasteiger partial charge in [0.1, 0.15) is 17.4 Å². The maximum Gasteiger partial charge on any atom is 0.315 e. The van der Waals surface area contributed by atoms with Crippen molar-refractivity contribution in [2.45, 2.75) is 44.6 Å². The van der Waals surface area contributed by atoms with Crippen LogP contribution in [0.2, 0.25) is 0 Å². The SMILES string of the molecule is N#Cc1c(F)cccc1N1CCC([C@@H]2CCCCCN2C(N)=O)CC1. The van der Waals surface area contributed by atoms with E-state index in [1.165, 1.54) is 6.07 Å². The van der Waals surface area contributed by atoms with E-state index >= 15 is 0 Å². The van der Waals surface area contributed by atoms with Crippen LogP contribution in [0, 0.1) is 23.1 Å². The van der Waals surface area contributed by atoms with Crippen LogP contribution in [0.3, 0.4) is 0 Å². The van der Waals surface area contributed by atoms with E-state index in [9.17, 15) is 14.4 Å². The molecule has 0 unspecified atom stereocenters. The molecule has 1 atom stereocenters. The Balaban J connectivity index is 1.70. The van der Waals surface area contributed by atoms with Crippen LogP contribution >= 0.6 is 0 Å². The summed E-state index contributed by atoms with van der Waals surface area (Å²) in [5, 5.41) is 9.24. The van der Waals surface area contributed by atoms with Gasteiger partial charge in [0.05, 0.1) is 5.69 Å². The highest BCUT2D eigenvalue weighted by molar-refractivity contribution is 5.72. The molecule has 2 fully saturated rings. The van der Waals surface area contributed by atoms with Crippen molar-refractivity contribution in [3.05, 3.63) is 29.6 Å². The molecule has 3 rings (SSSR count). The van der Waals surface area contributed by atoms with Crippen LogP contribution in [0.25, 0.3) is 0 Å². The topological polar surface area (TPSA) is 73.4 Å². The van der Waals surface area contributed by atoms with Crippen molar-refractivity contribution in [1.29, 1.82) is 5.26 Å². The van der Waals surface area contributed by atoms with Gasteiger partial charge < -0.3 is 15.5 Å². The molecule has 0 bridgehead atoms. The number of primary amides is 1. The molecule has 2 amide bonds. The molecule has 134 valence electrons. The Morgan fingerprint density at radius 3 is 2.60 bits per heavy atom. The van der Waals surface area contributed by atoms with Crippen LogP contribution in [-0.4, -0.2) is 36.6 Å². The number of urea groups is 1. The monoisotopic (exact) mass is 344 g/mol. The number of nitriles is 1. The van der Waals surface area contributed by atoms with Gasteiger partial charge in [0.2, 0.25) is 0 Å². The number of benzene rings is 1. The number of nitrogens with zero attached hydrogens (tertiary/aromatic N) is 3. The van der Waals surface area contributed by atoms with E-state index in [1.54, 1.807) is 6.07 Å². The van der Waals surface area contributed by atoms with Crippen LogP contribution in [0.5, 0.6) is 0 Å². The van der Waals surface area contributed by atoms with Crippen LogP contribution in [0.15, 0.2) is 18.2 Å². The van der Waals surface area contributed by atoms with Gasteiger partial charge in [-0.2, -0.15) is 5.26 Å². The predicted octanol–water partition coefficient (Wildman–Crippen LogP) is 3.24. The Morgan fingerprint density at radius 1 is 1.16 bits per heavy atom. The summed E-state index contributed by atoms with van der Waals surface area (Å²) >= 11 is 0. The third kappa shape index (κ3) is 3.71. The van der Waals surface area contributed by atoms with Gasteiger partial charge >= 0.3 is 6.03 Å². The highest BCUT2D eigenvalue weighted by Crippen LogP contribution is 2.33. The van der Waals surface area contributed by atoms with E-state index in [4.69, 9.17) is 5.73 Å². The molecule has 0 aromatic heterocycles. The van der Waals surface area contributed by atoms with Crippen molar-refractivity contribution >= 4 is 11.7 Å². The van der Waals surface area contributed by atoms with Crippen LogP contribution < -0.4 is 10.6 Å². The number of amides is 2. The highest BCUT2D eigenvalue weighted by Gasteiger charge is 2.33. The lowest BCUT2D eigenvalue weighted by atomic mass is 9.86. The molecule has 2 aliphatic rings. The lowest BCUT2D eigenvalue weighted by Crippen LogP contribution is -2.49. The quantitative estimate of drug-likeness (QED) is 0.895. The molecule has 0 saturated carbocycles. The Bertz CT molecular complexity index is 664. The molecule has 1 aromatic carbocycles. The molecule has 5 nitrogen and oxygen atoms in total. The Kier molecular flexibility index (Phi) is 5.42. The maximum absolute atomic E-state index is 13.9. The van der Waals surface area contributed by atoms with Gasteiger partial charge in [0.25, 0.3) is 0 Å². The van der Waals surface area contributed by atoms with E-state index in [-0.39, 0.29) is 17.6 Å². The largest absolute Gasteiger partial charge is 0.370 e. The molecule has 2 aliphatic heterocycles. The summed E-state index contributed by atoms with van der Waals surface area (Å²) in [6, 6.07) is 6.66. The molecule has 0 radical (unpaired) electrons. The molecule has 1 aromatic rings. The van der Waals surface area contributed by atoms with Crippen molar-refractivity contribution in [1.82, 2.24) is 4.90 Å². The zero-order valence-electron chi connectivity index (χ0n) is 14.5. The number of rotatable bonds is 2. The smallest absolute Gasteiger partial charge is 0.315 e. The van der Waals surface area contributed by atoms with Gasteiger partial charge in [-0.25, -0.2) is 9.18 Å². The second kappa shape index (κ2) is 7.73. The summed E-state index contributed by atoms with van der Waals surface area (Å²) in [4.78, 5) is 15.8. The lowest BCUT2D eigenvalue weighted by molar-refractivity contribution is 0.143. The standard InChI is InChI=1S/C19H25FN4O/c20-16-5-4-7-18(15(16)13-21)23-11-8-14(9-12-23)17-6-2-1-3-10-24(17)19(22)25/h4-5,7,14,17H,1-3,6,8-12H2,(H2,22,25)/t17-/m0/s1. The molecule has 25 heavy (non-hydrogen) atoms. The van der Waals surface area contributed by atoms with Crippen molar-refractivity contribution in [2.24, 2.45) is 11.7 Å². The molecule has 0 aliphatic carbocycles. The predicted molar refractivity (Wildman–Crippen MR) is 94.6 cm³/mol. The van der Waals surface area contributed by atoms with Crippen molar-refractivity contribution in [3.8, 4) is 6.07 Å². The zero-order valence-corrected chi connectivity index (χ0v) is 14.5. The summed E-state index contributed by atoms with van der Waals surface area (Å²) in [6.45, 7) is 2.29. The summed E-state index contributed by atoms with van der Waals surface area (Å²) < 4.78 is 13.9. The first-order chi connectivity index (χ1) is 12.1. The van der Waals surface area contributed by atoms with E-state index in [2.05, 4.69) is 4.90 Å². The zero-order chi connectivity index (χ0) is 17.8. The number of carbonyl (C=O) groups excluding carboxylic acids is 1. The van der Waals surface area contributed by atoms with Gasteiger partial charge in [-0.3, -0.25) is 0 Å². The maximum atomic E-state index is 13.9. The summed E-state index contributed by atoms with van der Waals surface area (Å²) in [5.41, 5.74) is 6.40. The number of nitrogens with two attached hydrogens (primary N) is 1. The number of carbonyl (C=O) groups is 1. The first kappa shape index (κ1) is 17.5. The van der Waals surface area contributed by atoms with Gasteiger partial charge in [0, 0.05) is 25.7 Å². The second-order valence-corrected chi connectivity index (χ2v) is 7.02.